The van der Waals surface area contributed by atoms with Crippen LogP contribution in [0.3, 0.4) is 0 Å². The van der Waals surface area contributed by atoms with E-state index in [0.29, 0.717) is 0 Å². The molecular formula is C20H50O6Si2. The van der Waals surface area contributed by atoms with E-state index in [4.69, 9.17) is 26.6 Å². The van der Waals surface area contributed by atoms with Crippen LogP contribution in [-0.4, -0.2) is 58.7 Å². The SMILES string of the molecule is CC.CCCO[SiH](OCCC)OCCC.CCCO[SiH](OCCC)OCCC. The Kier molecular flexibility index (Phi) is 37.4. The van der Waals surface area contributed by atoms with Crippen molar-refractivity contribution in [2.24, 2.45) is 0 Å². The van der Waals surface area contributed by atoms with Crippen LogP contribution in [0.5, 0.6) is 0 Å². The minimum Gasteiger partial charge on any atom is -0.376 e. The molecule has 0 N–H and O–H groups in total. The Bertz CT molecular complexity index is 189. The van der Waals surface area contributed by atoms with E-state index in [2.05, 4.69) is 41.5 Å². The molecule has 0 rings (SSSR count). The van der Waals surface area contributed by atoms with Gasteiger partial charge in [0.2, 0.25) is 0 Å². The Balaban J connectivity index is -0.000000410. The van der Waals surface area contributed by atoms with Crippen LogP contribution in [0.1, 0.15) is 93.9 Å². The second kappa shape index (κ2) is 31.9. The third kappa shape index (κ3) is 28.4. The standard InChI is InChI=1S/2C9H22O3Si.C2H6/c2*1-4-7-10-13(11-8-5-2)12-9-6-3;1-2/h2*13H,4-9H2,1-3H3;1-2H3. The van der Waals surface area contributed by atoms with E-state index >= 15 is 0 Å². The first-order valence-corrected chi connectivity index (χ1v) is 14.2. The van der Waals surface area contributed by atoms with Crippen molar-refractivity contribution in [3.63, 3.8) is 0 Å². The lowest BCUT2D eigenvalue weighted by molar-refractivity contribution is 0.0928. The molecule has 0 saturated carbocycles. The minimum absolute atomic E-state index is 0.754. The summed E-state index contributed by atoms with van der Waals surface area (Å²) in [7, 11) is -3.57. The molecule has 174 valence electrons. The van der Waals surface area contributed by atoms with Gasteiger partial charge in [-0.25, -0.2) is 0 Å². The molecule has 0 aliphatic carbocycles. The maximum absolute atomic E-state index is 5.49. The van der Waals surface area contributed by atoms with Gasteiger partial charge >= 0.3 is 19.1 Å². The second-order valence-corrected chi connectivity index (χ2v) is 8.96. The zero-order chi connectivity index (χ0) is 21.9. The van der Waals surface area contributed by atoms with E-state index in [-0.39, 0.29) is 0 Å². The molecule has 0 aliphatic heterocycles. The van der Waals surface area contributed by atoms with Crippen molar-refractivity contribution in [2.75, 3.05) is 39.6 Å². The van der Waals surface area contributed by atoms with Crippen LogP contribution < -0.4 is 0 Å². The van der Waals surface area contributed by atoms with Crippen LogP contribution in [0.2, 0.25) is 0 Å². The maximum Gasteiger partial charge on any atom is 0.484 e. The fraction of sp³-hybridized carbons (Fsp3) is 1.00. The summed E-state index contributed by atoms with van der Waals surface area (Å²) in [6, 6.07) is 0. The Morgan fingerprint density at radius 1 is 0.357 bits per heavy atom. The van der Waals surface area contributed by atoms with E-state index < -0.39 is 19.1 Å². The molecular weight excluding hydrogens is 392 g/mol. The van der Waals surface area contributed by atoms with Crippen LogP contribution in [0.4, 0.5) is 0 Å². The maximum atomic E-state index is 5.49. The molecule has 0 aromatic heterocycles. The van der Waals surface area contributed by atoms with Crippen molar-refractivity contribution in [3.05, 3.63) is 0 Å². The molecule has 28 heavy (non-hydrogen) atoms. The molecule has 0 atom stereocenters. The first kappa shape index (κ1) is 32.8. The third-order valence-electron chi connectivity index (χ3n) is 2.75. The highest BCUT2D eigenvalue weighted by Crippen LogP contribution is 1.97. The summed E-state index contributed by atoms with van der Waals surface area (Å²) in [6.45, 7) is 21.1. The van der Waals surface area contributed by atoms with Gasteiger partial charge in [0.05, 0.1) is 0 Å². The van der Waals surface area contributed by atoms with Crippen LogP contribution in [0.25, 0.3) is 0 Å². The summed E-state index contributed by atoms with van der Waals surface area (Å²) in [6.07, 6.45) is 6.13. The summed E-state index contributed by atoms with van der Waals surface area (Å²) in [4.78, 5) is 0. The molecule has 0 unspecified atom stereocenters. The number of rotatable bonds is 18. The van der Waals surface area contributed by atoms with Crippen molar-refractivity contribution in [1.82, 2.24) is 0 Å². The number of hydrogen-bond acceptors (Lipinski definition) is 6. The van der Waals surface area contributed by atoms with E-state index in [1.54, 1.807) is 0 Å². The van der Waals surface area contributed by atoms with Gasteiger partial charge in [-0.1, -0.05) is 55.4 Å². The molecule has 8 heteroatoms. The van der Waals surface area contributed by atoms with E-state index in [9.17, 15) is 0 Å². The van der Waals surface area contributed by atoms with Gasteiger partial charge in [0, 0.05) is 39.6 Å². The van der Waals surface area contributed by atoms with Crippen LogP contribution >= 0.6 is 0 Å². The third-order valence-corrected chi connectivity index (χ3v) is 5.80. The molecule has 0 aromatic rings. The average molecular weight is 443 g/mol. The van der Waals surface area contributed by atoms with Crippen molar-refractivity contribution in [2.45, 2.75) is 93.9 Å². The molecule has 0 radical (unpaired) electrons. The summed E-state index contributed by atoms with van der Waals surface area (Å²) < 4.78 is 32.9. The highest BCUT2D eigenvalue weighted by atomic mass is 28.3. The van der Waals surface area contributed by atoms with Gasteiger partial charge in [-0.05, 0) is 38.5 Å². The molecule has 0 aliphatic rings. The Labute approximate surface area is 179 Å². The quantitative estimate of drug-likeness (QED) is 0.279. The topological polar surface area (TPSA) is 55.4 Å². The summed E-state index contributed by atoms with van der Waals surface area (Å²) in [5.41, 5.74) is 0. The van der Waals surface area contributed by atoms with Crippen molar-refractivity contribution >= 4 is 19.1 Å². The molecule has 0 aromatic carbocycles. The minimum atomic E-state index is -1.79. The zero-order valence-electron chi connectivity index (χ0n) is 20.1. The fourth-order valence-corrected chi connectivity index (χ4v) is 4.72. The summed E-state index contributed by atoms with van der Waals surface area (Å²) in [5, 5.41) is 0. The first-order valence-electron chi connectivity index (χ1n) is 11.4. The van der Waals surface area contributed by atoms with E-state index in [0.717, 1.165) is 78.2 Å². The van der Waals surface area contributed by atoms with Crippen molar-refractivity contribution < 1.29 is 26.6 Å². The molecule has 0 spiro atoms. The largest absolute Gasteiger partial charge is 0.484 e. The Morgan fingerprint density at radius 3 is 0.607 bits per heavy atom. The van der Waals surface area contributed by atoms with Crippen molar-refractivity contribution in [1.29, 1.82) is 0 Å². The van der Waals surface area contributed by atoms with Crippen LogP contribution in [0.15, 0.2) is 0 Å². The van der Waals surface area contributed by atoms with Gasteiger partial charge in [-0.15, -0.1) is 0 Å². The van der Waals surface area contributed by atoms with E-state index in [1.807, 2.05) is 13.8 Å². The van der Waals surface area contributed by atoms with Crippen molar-refractivity contribution in [3.8, 4) is 0 Å². The highest BCUT2D eigenvalue weighted by molar-refractivity contribution is 6.36. The van der Waals surface area contributed by atoms with Gasteiger partial charge in [0.25, 0.3) is 0 Å². The Hall–Kier alpha value is 0.194. The predicted molar refractivity (Wildman–Crippen MR) is 123 cm³/mol. The van der Waals surface area contributed by atoms with Gasteiger partial charge in [-0.2, -0.15) is 0 Å². The molecule has 0 bridgehead atoms. The zero-order valence-corrected chi connectivity index (χ0v) is 22.4. The lowest BCUT2D eigenvalue weighted by Crippen LogP contribution is -2.28. The Morgan fingerprint density at radius 2 is 0.500 bits per heavy atom. The highest BCUT2D eigenvalue weighted by Gasteiger charge is 2.14. The van der Waals surface area contributed by atoms with Gasteiger partial charge < -0.3 is 26.6 Å². The predicted octanol–water partition coefficient (Wildman–Crippen LogP) is 4.99. The second-order valence-electron chi connectivity index (χ2n) is 5.80. The number of hydrogen-bond donors (Lipinski definition) is 0. The van der Waals surface area contributed by atoms with Gasteiger partial charge in [0.1, 0.15) is 0 Å². The summed E-state index contributed by atoms with van der Waals surface area (Å²) in [5.74, 6) is 0. The molecule has 0 fully saturated rings. The summed E-state index contributed by atoms with van der Waals surface area (Å²) >= 11 is 0. The molecule has 0 amide bonds. The molecule has 0 heterocycles. The normalized spacial score (nSPS) is 10.5. The monoisotopic (exact) mass is 442 g/mol. The smallest absolute Gasteiger partial charge is 0.376 e. The van der Waals surface area contributed by atoms with Crippen LogP contribution in [0, 0.1) is 0 Å². The molecule has 0 saturated heterocycles. The lowest BCUT2D eigenvalue weighted by Gasteiger charge is -2.15. The van der Waals surface area contributed by atoms with Gasteiger partial charge in [0.15, 0.2) is 0 Å². The first-order chi connectivity index (χ1) is 13.7. The fourth-order valence-electron chi connectivity index (χ4n) is 1.57. The average Bonchev–Trinajstić information content (AvgIpc) is 2.74. The van der Waals surface area contributed by atoms with E-state index in [1.165, 1.54) is 0 Å². The van der Waals surface area contributed by atoms with Crippen LogP contribution in [-0.2, 0) is 26.6 Å². The molecule has 6 nitrogen and oxygen atoms in total. The lowest BCUT2D eigenvalue weighted by atomic mass is 10.5. The van der Waals surface area contributed by atoms with Gasteiger partial charge in [-0.3, -0.25) is 0 Å².